The van der Waals surface area contributed by atoms with E-state index >= 15 is 0 Å². The number of benzene rings is 1. The Morgan fingerprint density at radius 1 is 1.38 bits per heavy atom. The lowest BCUT2D eigenvalue weighted by Gasteiger charge is -2.07. The molecule has 0 fully saturated rings. The van der Waals surface area contributed by atoms with Crippen LogP contribution in [0.2, 0.25) is 0 Å². The number of rotatable bonds is 3. The first-order valence-corrected chi connectivity index (χ1v) is 6.61. The number of halogens is 2. The highest BCUT2D eigenvalue weighted by molar-refractivity contribution is 9.10. The molecule has 1 nitrogen and oxygen atoms in total. The molecule has 2 aromatic rings. The van der Waals surface area contributed by atoms with Gasteiger partial charge in [-0.1, -0.05) is 15.9 Å². The summed E-state index contributed by atoms with van der Waals surface area (Å²) in [5.41, 5.74) is 2.93. The van der Waals surface area contributed by atoms with E-state index in [1.807, 2.05) is 12.3 Å². The predicted molar refractivity (Wildman–Crippen MR) is 70.5 cm³/mol. The second-order valence-electron chi connectivity index (χ2n) is 3.56. The number of hydrogen-bond acceptors (Lipinski definition) is 2. The first-order valence-electron chi connectivity index (χ1n) is 4.87. The Morgan fingerprint density at radius 2 is 2.19 bits per heavy atom. The molecule has 0 bridgehead atoms. The average Bonchev–Trinajstić information content (AvgIpc) is 2.66. The van der Waals surface area contributed by atoms with Gasteiger partial charge in [-0.05, 0) is 36.1 Å². The first-order chi connectivity index (χ1) is 7.66. The van der Waals surface area contributed by atoms with Gasteiger partial charge in [0.25, 0.3) is 0 Å². The lowest BCUT2D eigenvalue weighted by atomic mass is 10.2. The minimum Gasteiger partial charge on any atom is -0.380 e. The molecule has 0 saturated heterocycles. The third kappa shape index (κ3) is 2.62. The van der Waals surface area contributed by atoms with Gasteiger partial charge in [-0.2, -0.15) is 0 Å². The summed E-state index contributed by atoms with van der Waals surface area (Å²) in [4.78, 5) is 0. The molecule has 4 heteroatoms. The Bertz CT molecular complexity index is 496. The van der Waals surface area contributed by atoms with Crippen LogP contribution in [0.15, 0.2) is 33.4 Å². The Kier molecular flexibility index (Phi) is 3.61. The van der Waals surface area contributed by atoms with E-state index < -0.39 is 0 Å². The Balaban J connectivity index is 2.10. The maximum Gasteiger partial charge on any atom is 0.128 e. The Hall–Kier alpha value is -0.870. The molecule has 0 saturated carbocycles. The van der Waals surface area contributed by atoms with Crippen LogP contribution in [0.5, 0.6) is 0 Å². The second-order valence-corrected chi connectivity index (χ2v) is 5.22. The third-order valence-electron chi connectivity index (χ3n) is 2.33. The maximum absolute atomic E-state index is 13.4. The topological polar surface area (TPSA) is 12.0 Å². The Morgan fingerprint density at radius 3 is 2.88 bits per heavy atom. The Labute approximate surface area is 106 Å². The molecular formula is C12H11BrFNS. The predicted octanol–water partition coefficient (Wildman–Crippen LogP) is 4.57. The number of thiophene rings is 1. The molecule has 1 heterocycles. The average molecular weight is 300 g/mol. The van der Waals surface area contributed by atoms with Crippen LogP contribution in [-0.2, 0) is 6.54 Å². The van der Waals surface area contributed by atoms with Gasteiger partial charge < -0.3 is 5.32 Å². The van der Waals surface area contributed by atoms with Gasteiger partial charge in [0.05, 0.1) is 0 Å². The van der Waals surface area contributed by atoms with Gasteiger partial charge in [0.15, 0.2) is 0 Å². The van der Waals surface area contributed by atoms with E-state index in [1.54, 1.807) is 23.5 Å². The van der Waals surface area contributed by atoms with E-state index in [4.69, 9.17) is 0 Å². The van der Waals surface area contributed by atoms with Gasteiger partial charge in [0.1, 0.15) is 5.82 Å². The molecule has 0 atom stereocenters. The molecule has 84 valence electrons. The number of anilines is 1. The summed E-state index contributed by atoms with van der Waals surface area (Å²) in [5.74, 6) is -0.177. The number of aryl methyl sites for hydroxylation is 1. The highest BCUT2D eigenvalue weighted by Gasteiger charge is 2.04. The molecule has 0 unspecified atom stereocenters. The molecule has 0 radical (unpaired) electrons. The lowest BCUT2D eigenvalue weighted by Crippen LogP contribution is -2.01. The minimum atomic E-state index is -0.177. The van der Waals surface area contributed by atoms with Crippen molar-refractivity contribution in [3.05, 3.63) is 50.4 Å². The summed E-state index contributed by atoms with van der Waals surface area (Å²) in [6, 6.07) is 4.97. The summed E-state index contributed by atoms with van der Waals surface area (Å²) in [6.07, 6.45) is 0. The van der Waals surface area contributed by atoms with Crippen LogP contribution in [0.3, 0.4) is 0 Å². The monoisotopic (exact) mass is 299 g/mol. The fraction of sp³-hybridized carbons (Fsp3) is 0.167. The quantitative estimate of drug-likeness (QED) is 0.875. The van der Waals surface area contributed by atoms with Crippen LogP contribution < -0.4 is 5.32 Å². The van der Waals surface area contributed by atoms with Gasteiger partial charge in [-0.15, -0.1) is 11.3 Å². The zero-order valence-electron chi connectivity index (χ0n) is 8.76. The van der Waals surface area contributed by atoms with Gasteiger partial charge in [0, 0.05) is 27.6 Å². The van der Waals surface area contributed by atoms with Crippen LogP contribution in [0.4, 0.5) is 10.1 Å². The van der Waals surface area contributed by atoms with Crippen molar-refractivity contribution in [1.29, 1.82) is 0 Å². The molecule has 0 aliphatic rings. The normalized spacial score (nSPS) is 10.4. The fourth-order valence-corrected chi connectivity index (χ4v) is 2.62. The van der Waals surface area contributed by atoms with E-state index in [0.717, 1.165) is 10.2 Å². The maximum atomic E-state index is 13.4. The van der Waals surface area contributed by atoms with E-state index in [0.29, 0.717) is 12.1 Å². The highest BCUT2D eigenvalue weighted by atomic mass is 79.9. The molecule has 0 aliphatic carbocycles. The molecular weight excluding hydrogens is 289 g/mol. The summed E-state index contributed by atoms with van der Waals surface area (Å²) in [5, 5.41) is 7.33. The molecule has 0 aliphatic heterocycles. The van der Waals surface area contributed by atoms with Gasteiger partial charge in [-0.25, -0.2) is 4.39 Å². The van der Waals surface area contributed by atoms with Crippen LogP contribution in [-0.4, -0.2) is 0 Å². The smallest absolute Gasteiger partial charge is 0.128 e. The van der Waals surface area contributed by atoms with Gasteiger partial charge in [-0.3, -0.25) is 0 Å². The molecule has 1 aromatic carbocycles. The zero-order chi connectivity index (χ0) is 11.5. The molecule has 1 N–H and O–H groups in total. The highest BCUT2D eigenvalue weighted by Crippen LogP contribution is 2.21. The summed E-state index contributed by atoms with van der Waals surface area (Å²) in [7, 11) is 0. The van der Waals surface area contributed by atoms with Crippen LogP contribution in [0, 0.1) is 12.7 Å². The number of hydrogen-bond donors (Lipinski definition) is 1. The molecule has 0 amide bonds. The molecule has 16 heavy (non-hydrogen) atoms. The van der Waals surface area contributed by atoms with Crippen molar-refractivity contribution >= 4 is 33.0 Å². The number of nitrogens with one attached hydrogen (secondary N) is 1. The largest absolute Gasteiger partial charge is 0.380 e. The lowest BCUT2D eigenvalue weighted by molar-refractivity contribution is 0.612. The van der Waals surface area contributed by atoms with E-state index in [2.05, 4.69) is 26.6 Å². The van der Waals surface area contributed by atoms with Crippen molar-refractivity contribution in [3.8, 4) is 0 Å². The van der Waals surface area contributed by atoms with E-state index in [-0.39, 0.29) is 5.82 Å². The van der Waals surface area contributed by atoms with E-state index in [9.17, 15) is 4.39 Å². The van der Waals surface area contributed by atoms with Crippen molar-refractivity contribution in [2.24, 2.45) is 0 Å². The van der Waals surface area contributed by atoms with Crippen LogP contribution in [0.1, 0.15) is 11.1 Å². The van der Waals surface area contributed by atoms with Crippen molar-refractivity contribution in [3.63, 3.8) is 0 Å². The third-order valence-corrected chi connectivity index (χ3v) is 3.69. The van der Waals surface area contributed by atoms with Crippen molar-refractivity contribution in [1.82, 2.24) is 0 Å². The van der Waals surface area contributed by atoms with Crippen molar-refractivity contribution < 1.29 is 4.39 Å². The fourth-order valence-electron chi connectivity index (χ4n) is 1.41. The summed E-state index contributed by atoms with van der Waals surface area (Å²) >= 11 is 4.98. The standard InChI is InChI=1S/C12H11BrFNS/c1-8-6-16-7-12(8)15-5-9-4-10(13)2-3-11(9)14/h2-4,6-7,15H,5H2,1H3. The SMILES string of the molecule is Cc1cscc1NCc1cc(Br)ccc1F. The second kappa shape index (κ2) is 4.97. The minimum absolute atomic E-state index is 0.177. The first kappa shape index (κ1) is 11.6. The van der Waals surface area contributed by atoms with Crippen molar-refractivity contribution in [2.45, 2.75) is 13.5 Å². The van der Waals surface area contributed by atoms with Gasteiger partial charge >= 0.3 is 0 Å². The molecule has 2 rings (SSSR count). The molecule has 1 aromatic heterocycles. The van der Waals surface area contributed by atoms with Gasteiger partial charge in [0.2, 0.25) is 0 Å². The van der Waals surface area contributed by atoms with Crippen molar-refractivity contribution in [2.75, 3.05) is 5.32 Å². The molecule has 0 spiro atoms. The van der Waals surface area contributed by atoms with Crippen LogP contribution >= 0.6 is 27.3 Å². The summed E-state index contributed by atoms with van der Waals surface area (Å²) < 4.78 is 14.3. The zero-order valence-corrected chi connectivity index (χ0v) is 11.2. The summed E-state index contributed by atoms with van der Waals surface area (Å²) in [6.45, 7) is 2.54. The van der Waals surface area contributed by atoms with E-state index in [1.165, 1.54) is 11.6 Å². The van der Waals surface area contributed by atoms with Crippen LogP contribution in [0.25, 0.3) is 0 Å².